The summed E-state index contributed by atoms with van der Waals surface area (Å²) in [5.74, 6) is 0. The van der Waals surface area contributed by atoms with Crippen molar-refractivity contribution < 1.29 is 0 Å². The molecular weight excluding hydrogens is 132 g/mol. The van der Waals surface area contributed by atoms with E-state index in [1.165, 1.54) is 32.1 Å². The van der Waals surface area contributed by atoms with E-state index in [1.54, 1.807) is 0 Å². The zero-order valence-electron chi connectivity index (χ0n) is 8.04. The van der Waals surface area contributed by atoms with Crippen LogP contribution in [0.3, 0.4) is 0 Å². The van der Waals surface area contributed by atoms with Crippen LogP contribution in [0.4, 0.5) is 0 Å². The molecule has 0 radical (unpaired) electrons. The van der Waals surface area contributed by atoms with Crippen LogP contribution in [0.25, 0.3) is 0 Å². The maximum Gasteiger partial charge on any atom is -0.0328 e. The van der Waals surface area contributed by atoms with Crippen LogP contribution in [0.2, 0.25) is 0 Å². The second kappa shape index (κ2) is 6.69. The average Bonchev–Trinajstić information content (AvgIpc) is 2.70. The first-order chi connectivity index (χ1) is 4.68. The number of hydrogen-bond donors (Lipinski definition) is 0. The average molecular weight is 158 g/mol. The van der Waals surface area contributed by atoms with Gasteiger partial charge in [0, 0.05) is 0 Å². The van der Waals surface area contributed by atoms with Crippen molar-refractivity contribution in [2.45, 2.75) is 67.2 Å². The first kappa shape index (κ1) is 13.6. The van der Waals surface area contributed by atoms with Crippen molar-refractivity contribution in [1.29, 1.82) is 0 Å². The van der Waals surface area contributed by atoms with Crippen molar-refractivity contribution in [3.63, 3.8) is 0 Å². The van der Waals surface area contributed by atoms with Gasteiger partial charge in [-0.25, -0.2) is 0 Å². The Morgan fingerprint density at radius 3 is 1.36 bits per heavy atom. The zero-order valence-corrected chi connectivity index (χ0v) is 8.04. The first-order valence-corrected chi connectivity index (χ1v) is 4.68. The zero-order chi connectivity index (χ0) is 8.04. The predicted octanol–water partition coefficient (Wildman–Crippen LogP) is 4.64. The second-order valence-corrected chi connectivity index (χ2v) is 3.66. The molecule has 1 rings (SSSR count). The van der Waals surface area contributed by atoms with E-state index in [4.69, 9.17) is 0 Å². The fourth-order valence-electron chi connectivity index (χ4n) is 0.567. The third-order valence-corrected chi connectivity index (χ3v) is 2.46. The minimum absolute atomic E-state index is 0. The number of hydrogen-bond acceptors (Lipinski definition) is 0. The van der Waals surface area contributed by atoms with E-state index in [0.717, 1.165) is 5.41 Å². The summed E-state index contributed by atoms with van der Waals surface area (Å²) < 4.78 is 0. The van der Waals surface area contributed by atoms with E-state index in [1.807, 2.05) is 0 Å². The van der Waals surface area contributed by atoms with E-state index < -0.39 is 0 Å². The standard InChI is InChI=1S/C6H12.C4H10.CH4/c1-3-6(2)4-5-6;1-3-4-2;/h3-5H2,1-2H3;3-4H2,1-2H3;1H4. The van der Waals surface area contributed by atoms with E-state index in [2.05, 4.69) is 27.7 Å². The van der Waals surface area contributed by atoms with Crippen LogP contribution in [0, 0.1) is 5.41 Å². The summed E-state index contributed by atoms with van der Waals surface area (Å²) in [6, 6.07) is 0. The van der Waals surface area contributed by atoms with E-state index in [9.17, 15) is 0 Å². The largest absolute Gasteiger partial charge is 0.0776 e. The first-order valence-electron chi connectivity index (χ1n) is 4.68. The molecule has 0 aromatic carbocycles. The van der Waals surface area contributed by atoms with Crippen molar-refractivity contribution in [2.75, 3.05) is 0 Å². The lowest BCUT2D eigenvalue weighted by Gasteiger charge is -1.96. The second-order valence-electron chi connectivity index (χ2n) is 3.66. The Morgan fingerprint density at radius 1 is 1.00 bits per heavy atom. The summed E-state index contributed by atoms with van der Waals surface area (Å²) in [5.41, 5.74) is 0.792. The van der Waals surface area contributed by atoms with Crippen molar-refractivity contribution in [3.05, 3.63) is 0 Å². The molecule has 1 saturated carbocycles. The topological polar surface area (TPSA) is 0 Å². The molecule has 1 aliphatic carbocycles. The van der Waals surface area contributed by atoms with Gasteiger partial charge in [-0.15, -0.1) is 0 Å². The van der Waals surface area contributed by atoms with Crippen molar-refractivity contribution in [2.24, 2.45) is 5.41 Å². The Balaban J connectivity index is 0. The maximum absolute atomic E-state index is 2.35. The van der Waals surface area contributed by atoms with Crippen molar-refractivity contribution >= 4 is 0 Å². The molecule has 0 aromatic rings. The molecule has 0 atom stereocenters. The Bertz CT molecular complexity index is 68.1. The predicted molar refractivity (Wildman–Crippen MR) is 54.9 cm³/mol. The highest BCUT2D eigenvalue weighted by molar-refractivity contribution is 4.86. The van der Waals surface area contributed by atoms with Crippen LogP contribution in [-0.2, 0) is 0 Å². The molecule has 70 valence electrons. The molecule has 11 heavy (non-hydrogen) atoms. The van der Waals surface area contributed by atoms with Crippen LogP contribution in [0.15, 0.2) is 0 Å². The number of rotatable bonds is 2. The Hall–Kier alpha value is 0. The van der Waals surface area contributed by atoms with Crippen LogP contribution < -0.4 is 0 Å². The molecule has 1 aliphatic rings. The molecule has 0 N–H and O–H groups in total. The van der Waals surface area contributed by atoms with Gasteiger partial charge in [-0.2, -0.15) is 0 Å². The van der Waals surface area contributed by atoms with Crippen LogP contribution in [0.5, 0.6) is 0 Å². The van der Waals surface area contributed by atoms with Gasteiger partial charge in [-0.05, 0) is 18.3 Å². The van der Waals surface area contributed by atoms with E-state index in [0.29, 0.717) is 0 Å². The highest BCUT2D eigenvalue weighted by atomic mass is 14.4. The maximum atomic E-state index is 2.35. The molecular formula is C11H26. The number of unbranched alkanes of at least 4 members (excludes halogenated alkanes) is 1. The monoisotopic (exact) mass is 158 g/mol. The molecule has 0 saturated heterocycles. The summed E-state index contributed by atoms with van der Waals surface area (Å²) in [5, 5.41) is 0. The van der Waals surface area contributed by atoms with Gasteiger partial charge < -0.3 is 0 Å². The minimum Gasteiger partial charge on any atom is -0.0776 e. The Morgan fingerprint density at radius 2 is 1.36 bits per heavy atom. The van der Waals surface area contributed by atoms with Gasteiger partial charge in [-0.1, -0.05) is 54.4 Å². The van der Waals surface area contributed by atoms with Gasteiger partial charge in [0.25, 0.3) is 0 Å². The molecule has 1 fully saturated rings. The van der Waals surface area contributed by atoms with Crippen LogP contribution in [-0.4, -0.2) is 0 Å². The van der Waals surface area contributed by atoms with Gasteiger partial charge >= 0.3 is 0 Å². The summed E-state index contributed by atoms with van der Waals surface area (Å²) in [4.78, 5) is 0. The van der Waals surface area contributed by atoms with Crippen molar-refractivity contribution in [3.8, 4) is 0 Å². The fourth-order valence-corrected chi connectivity index (χ4v) is 0.567. The molecule has 0 aliphatic heterocycles. The smallest absolute Gasteiger partial charge is 0.0328 e. The molecule has 0 spiro atoms. The Labute approximate surface area is 73.4 Å². The normalized spacial score (nSPS) is 17.5. The van der Waals surface area contributed by atoms with Gasteiger partial charge in [0.05, 0.1) is 0 Å². The molecule has 0 bridgehead atoms. The molecule has 0 unspecified atom stereocenters. The lowest BCUT2D eigenvalue weighted by atomic mass is 10.1. The highest BCUT2D eigenvalue weighted by Crippen LogP contribution is 2.47. The van der Waals surface area contributed by atoms with Crippen molar-refractivity contribution in [1.82, 2.24) is 0 Å². The van der Waals surface area contributed by atoms with Gasteiger partial charge in [-0.3, -0.25) is 0 Å². The van der Waals surface area contributed by atoms with Gasteiger partial charge in [0.2, 0.25) is 0 Å². The molecule has 0 heterocycles. The molecule has 0 aromatic heterocycles. The van der Waals surface area contributed by atoms with Crippen LogP contribution in [0.1, 0.15) is 67.2 Å². The lowest BCUT2D eigenvalue weighted by Crippen LogP contribution is -1.84. The molecule has 0 heteroatoms. The summed E-state index contributed by atoms with van der Waals surface area (Å²) in [6.45, 7) is 8.99. The summed E-state index contributed by atoms with van der Waals surface area (Å²) in [7, 11) is 0. The summed E-state index contributed by atoms with van der Waals surface area (Å²) >= 11 is 0. The van der Waals surface area contributed by atoms with Crippen LogP contribution >= 0.6 is 0 Å². The van der Waals surface area contributed by atoms with Gasteiger partial charge in [0.15, 0.2) is 0 Å². The quantitative estimate of drug-likeness (QED) is 0.549. The lowest BCUT2D eigenvalue weighted by molar-refractivity contribution is 0.551. The summed E-state index contributed by atoms with van der Waals surface area (Å²) in [6.07, 6.45) is 6.97. The molecule has 0 amide bonds. The highest BCUT2D eigenvalue weighted by Gasteiger charge is 2.34. The Kier molecular flexibility index (Phi) is 8.26. The fraction of sp³-hybridized carbons (Fsp3) is 1.00. The van der Waals surface area contributed by atoms with E-state index in [-0.39, 0.29) is 7.43 Å². The third kappa shape index (κ3) is 7.90. The van der Waals surface area contributed by atoms with Gasteiger partial charge in [0.1, 0.15) is 0 Å². The minimum atomic E-state index is 0. The molecule has 0 nitrogen and oxygen atoms in total. The third-order valence-electron chi connectivity index (χ3n) is 2.46. The SMILES string of the molecule is C.CCC1(C)CC1.CCCC. The van der Waals surface area contributed by atoms with E-state index >= 15 is 0 Å².